The summed E-state index contributed by atoms with van der Waals surface area (Å²) in [6, 6.07) is 6.63. The minimum atomic E-state index is -0.347. The van der Waals surface area contributed by atoms with Gasteiger partial charge in [0.1, 0.15) is 5.82 Å². The van der Waals surface area contributed by atoms with Crippen LogP contribution in [0.4, 0.5) is 10.1 Å². The summed E-state index contributed by atoms with van der Waals surface area (Å²) < 4.78 is 20.0. The van der Waals surface area contributed by atoms with Gasteiger partial charge in [0.2, 0.25) is 11.8 Å². The fraction of sp³-hybridized carbons (Fsp3) is 0.526. The molecule has 0 amide bonds. The highest BCUT2D eigenvalue weighted by atomic mass is 19.1. The van der Waals surface area contributed by atoms with E-state index in [4.69, 9.17) is 9.68 Å². The number of aromatic nitrogens is 2. The number of piperazine rings is 1. The summed E-state index contributed by atoms with van der Waals surface area (Å²) in [5.41, 5.74) is 0.889. The third-order valence-electron chi connectivity index (χ3n) is 4.70. The summed E-state index contributed by atoms with van der Waals surface area (Å²) in [6.45, 7) is 9.28. The fourth-order valence-electron chi connectivity index (χ4n) is 3.21. The van der Waals surface area contributed by atoms with Crippen molar-refractivity contribution in [2.75, 3.05) is 31.1 Å². The SMILES string of the molecule is CC(C)Cc1nnc(C(C)N2CCN(c3ccc(C#N)cc3F)CC2)o1. The average molecular weight is 357 g/mol. The van der Waals surface area contributed by atoms with Crippen LogP contribution in [0, 0.1) is 23.1 Å². The van der Waals surface area contributed by atoms with Crippen molar-refractivity contribution >= 4 is 5.69 Å². The van der Waals surface area contributed by atoms with Gasteiger partial charge >= 0.3 is 0 Å². The predicted octanol–water partition coefficient (Wildman–Crippen LogP) is 3.16. The van der Waals surface area contributed by atoms with Crippen molar-refractivity contribution in [1.82, 2.24) is 15.1 Å². The van der Waals surface area contributed by atoms with Crippen LogP contribution in [-0.4, -0.2) is 41.3 Å². The highest BCUT2D eigenvalue weighted by molar-refractivity contribution is 5.51. The molecule has 0 aliphatic carbocycles. The van der Waals surface area contributed by atoms with Gasteiger partial charge in [-0.2, -0.15) is 5.26 Å². The number of nitrogens with zero attached hydrogens (tertiary/aromatic N) is 5. The van der Waals surface area contributed by atoms with E-state index in [-0.39, 0.29) is 11.9 Å². The highest BCUT2D eigenvalue weighted by Crippen LogP contribution is 2.25. The molecule has 26 heavy (non-hydrogen) atoms. The number of hydrogen-bond donors (Lipinski definition) is 0. The van der Waals surface area contributed by atoms with Gasteiger partial charge in [0.15, 0.2) is 0 Å². The molecule has 0 spiro atoms. The van der Waals surface area contributed by atoms with Crippen molar-refractivity contribution < 1.29 is 8.81 Å². The largest absolute Gasteiger partial charge is 0.424 e. The van der Waals surface area contributed by atoms with E-state index in [2.05, 4.69) is 35.9 Å². The van der Waals surface area contributed by atoms with Crippen LogP contribution in [0.15, 0.2) is 22.6 Å². The zero-order valence-electron chi connectivity index (χ0n) is 15.4. The van der Waals surface area contributed by atoms with Crippen LogP contribution in [0.3, 0.4) is 0 Å². The second-order valence-corrected chi connectivity index (χ2v) is 7.11. The van der Waals surface area contributed by atoms with Gasteiger partial charge in [0, 0.05) is 32.6 Å². The summed E-state index contributed by atoms with van der Waals surface area (Å²) in [7, 11) is 0. The molecule has 6 nitrogen and oxygen atoms in total. The van der Waals surface area contributed by atoms with Crippen molar-refractivity contribution in [1.29, 1.82) is 5.26 Å². The summed E-state index contributed by atoms with van der Waals surface area (Å²) >= 11 is 0. The van der Waals surface area contributed by atoms with Gasteiger partial charge in [0.05, 0.1) is 23.4 Å². The molecule has 0 bridgehead atoms. The minimum absolute atomic E-state index is 0.0383. The van der Waals surface area contributed by atoms with Gasteiger partial charge in [-0.25, -0.2) is 4.39 Å². The molecule has 1 unspecified atom stereocenters. The number of nitriles is 1. The molecular weight excluding hydrogens is 333 g/mol. The van der Waals surface area contributed by atoms with E-state index >= 15 is 0 Å². The zero-order valence-corrected chi connectivity index (χ0v) is 15.4. The molecule has 1 aromatic heterocycles. The molecule has 1 atom stereocenters. The first-order chi connectivity index (χ1) is 12.5. The van der Waals surface area contributed by atoms with E-state index in [1.54, 1.807) is 12.1 Å². The van der Waals surface area contributed by atoms with Crippen LogP contribution in [0.5, 0.6) is 0 Å². The van der Waals surface area contributed by atoms with Gasteiger partial charge in [-0.15, -0.1) is 10.2 Å². The molecular formula is C19H24FN5O. The minimum Gasteiger partial charge on any atom is -0.424 e. The third-order valence-corrected chi connectivity index (χ3v) is 4.70. The maximum Gasteiger partial charge on any atom is 0.233 e. The topological polar surface area (TPSA) is 69.2 Å². The molecule has 2 aromatic rings. The van der Waals surface area contributed by atoms with Crippen molar-refractivity contribution in [3.8, 4) is 6.07 Å². The van der Waals surface area contributed by atoms with E-state index in [9.17, 15) is 4.39 Å². The summed E-state index contributed by atoms with van der Waals surface area (Å²) in [5.74, 6) is 1.45. The second kappa shape index (κ2) is 7.83. The molecule has 1 aromatic carbocycles. The standard InChI is InChI=1S/C19H24FN5O/c1-13(2)10-18-22-23-19(26-18)14(3)24-6-8-25(9-7-24)17-5-4-15(12-21)11-16(17)20/h4-5,11,13-14H,6-10H2,1-3H3. The Hall–Kier alpha value is -2.46. The molecule has 7 heteroatoms. The normalized spacial score (nSPS) is 16.7. The van der Waals surface area contributed by atoms with Crippen LogP contribution >= 0.6 is 0 Å². The Kier molecular flexibility index (Phi) is 5.52. The maximum absolute atomic E-state index is 14.2. The first kappa shape index (κ1) is 18.3. The Labute approximate surface area is 153 Å². The Balaban J connectivity index is 1.61. The van der Waals surface area contributed by atoms with Gasteiger partial charge < -0.3 is 9.32 Å². The van der Waals surface area contributed by atoms with Crippen LogP contribution in [0.2, 0.25) is 0 Å². The Bertz CT molecular complexity index is 789. The molecule has 138 valence electrons. The molecule has 0 N–H and O–H groups in total. The summed E-state index contributed by atoms with van der Waals surface area (Å²) in [5, 5.41) is 17.2. The van der Waals surface area contributed by atoms with E-state index < -0.39 is 0 Å². The third kappa shape index (κ3) is 4.02. The van der Waals surface area contributed by atoms with Gasteiger partial charge in [-0.3, -0.25) is 4.90 Å². The van der Waals surface area contributed by atoms with Crippen LogP contribution < -0.4 is 4.90 Å². The van der Waals surface area contributed by atoms with Crippen molar-refractivity contribution in [2.24, 2.45) is 5.92 Å². The lowest BCUT2D eigenvalue weighted by Gasteiger charge is -2.38. The summed E-state index contributed by atoms with van der Waals surface area (Å²) in [6.07, 6.45) is 0.783. The molecule has 1 aliphatic heterocycles. The van der Waals surface area contributed by atoms with E-state index in [0.29, 0.717) is 42.0 Å². The van der Waals surface area contributed by atoms with Crippen molar-refractivity contribution in [3.63, 3.8) is 0 Å². The number of benzene rings is 1. The number of hydrogen-bond acceptors (Lipinski definition) is 6. The van der Waals surface area contributed by atoms with E-state index in [0.717, 1.165) is 19.5 Å². The summed E-state index contributed by atoms with van der Waals surface area (Å²) in [4.78, 5) is 4.28. The van der Waals surface area contributed by atoms with Gasteiger partial charge in [-0.1, -0.05) is 13.8 Å². The van der Waals surface area contributed by atoms with E-state index in [1.807, 2.05) is 11.0 Å². The van der Waals surface area contributed by atoms with Gasteiger partial charge in [-0.05, 0) is 31.0 Å². The molecule has 1 saturated heterocycles. The Morgan fingerprint density at radius 1 is 1.19 bits per heavy atom. The quantitative estimate of drug-likeness (QED) is 0.819. The Morgan fingerprint density at radius 3 is 2.54 bits per heavy atom. The number of anilines is 1. The lowest BCUT2D eigenvalue weighted by molar-refractivity contribution is 0.170. The monoisotopic (exact) mass is 357 g/mol. The molecule has 0 saturated carbocycles. The first-order valence-electron chi connectivity index (χ1n) is 8.99. The van der Waals surface area contributed by atoms with Crippen molar-refractivity contribution in [3.05, 3.63) is 41.4 Å². The van der Waals surface area contributed by atoms with Crippen molar-refractivity contribution in [2.45, 2.75) is 33.2 Å². The number of rotatable bonds is 5. The molecule has 0 radical (unpaired) electrons. The second-order valence-electron chi connectivity index (χ2n) is 7.11. The van der Waals surface area contributed by atoms with Gasteiger partial charge in [0.25, 0.3) is 0 Å². The predicted molar refractivity (Wildman–Crippen MR) is 96.2 cm³/mol. The van der Waals surface area contributed by atoms with E-state index in [1.165, 1.54) is 6.07 Å². The maximum atomic E-state index is 14.2. The fourth-order valence-corrected chi connectivity index (χ4v) is 3.21. The molecule has 3 rings (SSSR count). The number of halogens is 1. The molecule has 2 heterocycles. The Morgan fingerprint density at radius 2 is 1.92 bits per heavy atom. The lowest BCUT2D eigenvalue weighted by atomic mass is 10.1. The molecule has 1 aliphatic rings. The highest BCUT2D eigenvalue weighted by Gasteiger charge is 2.26. The smallest absolute Gasteiger partial charge is 0.233 e. The first-order valence-corrected chi connectivity index (χ1v) is 8.99. The van der Waals surface area contributed by atoms with Crippen LogP contribution in [-0.2, 0) is 6.42 Å². The average Bonchev–Trinajstić information content (AvgIpc) is 3.09. The zero-order chi connectivity index (χ0) is 18.7. The van der Waals surface area contributed by atoms with Crippen LogP contribution in [0.25, 0.3) is 0 Å². The van der Waals surface area contributed by atoms with Crippen LogP contribution in [0.1, 0.15) is 44.2 Å². The lowest BCUT2D eigenvalue weighted by Crippen LogP contribution is -2.47. The molecule has 1 fully saturated rings.